The van der Waals surface area contributed by atoms with Gasteiger partial charge in [0, 0.05) is 37.9 Å². The van der Waals surface area contributed by atoms with Crippen LogP contribution in [0.5, 0.6) is 0 Å². The van der Waals surface area contributed by atoms with Crippen molar-refractivity contribution in [2.75, 3.05) is 0 Å². The van der Waals surface area contributed by atoms with Crippen LogP contribution in [0.25, 0.3) is 76.9 Å². The van der Waals surface area contributed by atoms with Crippen molar-refractivity contribution in [1.82, 2.24) is 10.6 Å². The van der Waals surface area contributed by atoms with E-state index in [1.54, 1.807) is 0 Å². The molecule has 10 aromatic rings. The number of nitrogens with one attached hydrogen (secondary N) is 2. The molecular weight excluding hydrogens is 631 g/mol. The van der Waals surface area contributed by atoms with Crippen LogP contribution < -0.4 is 10.6 Å². The number of para-hydroxylation sites is 2. The minimum atomic E-state index is -0.303. The van der Waals surface area contributed by atoms with E-state index < -0.39 is 0 Å². The van der Waals surface area contributed by atoms with Gasteiger partial charge in [-0.05, 0) is 76.9 Å². The fraction of sp³-hybridized carbons (Fsp3) is 0.0444. The van der Waals surface area contributed by atoms with Crippen molar-refractivity contribution in [3.05, 3.63) is 168 Å². The lowest BCUT2D eigenvalue weighted by Gasteiger charge is -2.32. The molecule has 11 rings (SSSR count). The zero-order chi connectivity index (χ0) is 33.5. The molecule has 0 saturated heterocycles. The first kappa shape index (κ1) is 28.2. The number of furan rings is 3. The van der Waals surface area contributed by atoms with E-state index in [4.69, 9.17) is 18.2 Å². The van der Waals surface area contributed by atoms with E-state index in [0.29, 0.717) is 0 Å². The van der Waals surface area contributed by atoms with Crippen molar-refractivity contribution in [2.24, 2.45) is 4.99 Å². The summed E-state index contributed by atoms with van der Waals surface area (Å²) < 4.78 is 18.8. The normalized spacial score (nSPS) is 16.4. The van der Waals surface area contributed by atoms with Gasteiger partial charge in [0.15, 0.2) is 0 Å². The van der Waals surface area contributed by atoms with Crippen LogP contribution in [0.1, 0.15) is 29.0 Å². The molecule has 4 heterocycles. The average Bonchev–Trinajstić information content (AvgIpc) is 3.88. The van der Waals surface area contributed by atoms with Gasteiger partial charge in [-0.2, -0.15) is 0 Å². The number of nitrogens with zero attached hydrogens (tertiary/aromatic N) is 1. The maximum absolute atomic E-state index is 6.46. The summed E-state index contributed by atoms with van der Waals surface area (Å²) in [5, 5.41) is 14.0. The lowest BCUT2D eigenvalue weighted by molar-refractivity contribution is 0.409. The molecule has 1 aliphatic heterocycles. The Morgan fingerprint density at radius 3 is 1.65 bits per heavy atom. The second kappa shape index (κ2) is 10.9. The quantitative estimate of drug-likeness (QED) is 0.197. The molecule has 0 saturated carbocycles. The monoisotopic (exact) mass is 659 g/mol. The van der Waals surface area contributed by atoms with Crippen LogP contribution in [0.3, 0.4) is 0 Å². The van der Waals surface area contributed by atoms with Crippen LogP contribution in [-0.4, -0.2) is 5.84 Å². The highest BCUT2D eigenvalue weighted by molar-refractivity contribution is 6.11. The number of fused-ring (bicyclic) bond motifs is 9. The fourth-order valence-corrected chi connectivity index (χ4v) is 7.62. The summed E-state index contributed by atoms with van der Waals surface area (Å²) in [5.74, 6) is 0.793. The van der Waals surface area contributed by atoms with Crippen LogP contribution in [0.15, 0.2) is 170 Å². The summed E-state index contributed by atoms with van der Waals surface area (Å²) in [4.78, 5) is 5.22. The smallest absolute Gasteiger partial charge is 0.136 e. The minimum absolute atomic E-state index is 0.159. The van der Waals surface area contributed by atoms with Gasteiger partial charge in [0.1, 0.15) is 51.7 Å². The largest absolute Gasteiger partial charge is 0.456 e. The molecule has 3 aromatic heterocycles. The second-order valence-corrected chi connectivity index (χ2v) is 13.2. The Morgan fingerprint density at radius 2 is 0.922 bits per heavy atom. The average molecular weight is 660 g/mol. The lowest BCUT2D eigenvalue weighted by atomic mass is 10.0. The maximum Gasteiger partial charge on any atom is 0.136 e. The summed E-state index contributed by atoms with van der Waals surface area (Å²) in [6, 6.07) is 52.3. The Hall–Kier alpha value is -6.63. The SMILES string of the molecule is c1ccc(C2NC(c3ccc4c(c3)oc3ccc(-c5ccc6oc7ccccc7c6c5)cc34)=NC(c3ccc4c(c3)oc3ccccc34)N2)cc1. The van der Waals surface area contributed by atoms with E-state index >= 15 is 0 Å². The zero-order valence-electron chi connectivity index (χ0n) is 27.3. The van der Waals surface area contributed by atoms with Crippen molar-refractivity contribution in [2.45, 2.75) is 12.3 Å². The van der Waals surface area contributed by atoms with Gasteiger partial charge >= 0.3 is 0 Å². The Kier molecular flexibility index (Phi) is 6.05. The first-order chi connectivity index (χ1) is 25.2. The number of hydrogen-bond acceptors (Lipinski definition) is 6. The van der Waals surface area contributed by atoms with E-state index in [0.717, 1.165) is 99.5 Å². The third-order valence-corrected chi connectivity index (χ3v) is 10.2. The summed E-state index contributed by atoms with van der Waals surface area (Å²) in [7, 11) is 0. The zero-order valence-corrected chi connectivity index (χ0v) is 27.3. The van der Waals surface area contributed by atoms with E-state index in [-0.39, 0.29) is 12.3 Å². The predicted octanol–water partition coefficient (Wildman–Crippen LogP) is 11.4. The third kappa shape index (κ3) is 4.58. The number of amidine groups is 1. The molecule has 0 aliphatic carbocycles. The highest BCUT2D eigenvalue weighted by Gasteiger charge is 2.26. The van der Waals surface area contributed by atoms with Gasteiger partial charge in [-0.1, -0.05) is 97.1 Å². The topological polar surface area (TPSA) is 75.8 Å². The Balaban J connectivity index is 0.987. The van der Waals surface area contributed by atoms with Gasteiger partial charge in [-0.3, -0.25) is 5.32 Å². The van der Waals surface area contributed by atoms with E-state index in [2.05, 4.69) is 126 Å². The molecule has 6 nitrogen and oxygen atoms in total. The Morgan fingerprint density at radius 1 is 0.392 bits per heavy atom. The van der Waals surface area contributed by atoms with Crippen LogP contribution >= 0.6 is 0 Å². The Labute approximate surface area is 291 Å². The molecule has 0 amide bonds. The lowest BCUT2D eigenvalue weighted by Crippen LogP contribution is -2.44. The molecule has 242 valence electrons. The van der Waals surface area contributed by atoms with Crippen LogP contribution in [0.2, 0.25) is 0 Å². The van der Waals surface area contributed by atoms with Crippen molar-refractivity contribution < 1.29 is 13.3 Å². The van der Waals surface area contributed by atoms with Gasteiger partial charge in [-0.25, -0.2) is 4.99 Å². The molecule has 6 heteroatoms. The third-order valence-electron chi connectivity index (χ3n) is 10.2. The van der Waals surface area contributed by atoms with Gasteiger partial charge < -0.3 is 18.6 Å². The molecule has 2 N–H and O–H groups in total. The fourth-order valence-electron chi connectivity index (χ4n) is 7.62. The molecule has 0 spiro atoms. The molecule has 51 heavy (non-hydrogen) atoms. The summed E-state index contributed by atoms with van der Waals surface area (Å²) in [6.07, 6.45) is -0.462. The number of hydrogen-bond donors (Lipinski definition) is 2. The van der Waals surface area contributed by atoms with Gasteiger partial charge in [0.2, 0.25) is 0 Å². The van der Waals surface area contributed by atoms with Gasteiger partial charge in [0.05, 0.1) is 0 Å². The maximum atomic E-state index is 6.46. The molecule has 0 fully saturated rings. The molecule has 2 atom stereocenters. The molecule has 0 bridgehead atoms. The predicted molar refractivity (Wildman–Crippen MR) is 205 cm³/mol. The van der Waals surface area contributed by atoms with Crippen LogP contribution in [0.4, 0.5) is 0 Å². The van der Waals surface area contributed by atoms with Crippen molar-refractivity contribution in [3.8, 4) is 11.1 Å². The highest BCUT2D eigenvalue weighted by Crippen LogP contribution is 2.37. The number of aliphatic imine (C=N–C) groups is 1. The van der Waals surface area contributed by atoms with Crippen LogP contribution in [0, 0.1) is 0 Å². The van der Waals surface area contributed by atoms with E-state index in [1.807, 2.05) is 36.4 Å². The van der Waals surface area contributed by atoms with Gasteiger partial charge in [0.25, 0.3) is 0 Å². The van der Waals surface area contributed by atoms with E-state index in [9.17, 15) is 0 Å². The minimum Gasteiger partial charge on any atom is -0.456 e. The summed E-state index contributed by atoms with van der Waals surface area (Å²) in [5.41, 5.74) is 10.6. The standard InChI is InChI=1S/C45H29N3O3/c1-2-8-26(9-3-1)43-46-44(29-14-18-33-31-10-4-6-12-37(31)50-41(33)24-29)48-45(47-43)30-15-19-34-36-23-28(17-21-40(36)51-42(34)25-30)27-16-20-39-35(22-27)32-11-5-7-13-38(32)49-39/h1-25,43-44,46H,(H,47,48). The molecule has 2 unspecified atom stereocenters. The first-order valence-corrected chi connectivity index (χ1v) is 17.2. The van der Waals surface area contributed by atoms with E-state index in [1.165, 1.54) is 0 Å². The first-order valence-electron chi connectivity index (χ1n) is 17.2. The van der Waals surface area contributed by atoms with Crippen molar-refractivity contribution in [3.63, 3.8) is 0 Å². The summed E-state index contributed by atoms with van der Waals surface area (Å²) in [6.45, 7) is 0. The molecule has 7 aromatic carbocycles. The Bertz CT molecular complexity index is 3000. The second-order valence-electron chi connectivity index (χ2n) is 13.2. The van der Waals surface area contributed by atoms with Crippen molar-refractivity contribution >= 4 is 71.7 Å². The number of rotatable bonds is 4. The van der Waals surface area contributed by atoms with Crippen molar-refractivity contribution in [1.29, 1.82) is 0 Å². The molecular formula is C45H29N3O3. The number of benzene rings is 7. The molecule has 0 radical (unpaired) electrons. The van der Waals surface area contributed by atoms with Crippen LogP contribution in [-0.2, 0) is 0 Å². The highest BCUT2D eigenvalue weighted by atomic mass is 16.3. The summed E-state index contributed by atoms with van der Waals surface area (Å²) >= 11 is 0. The van der Waals surface area contributed by atoms with Gasteiger partial charge in [-0.15, -0.1) is 0 Å². The molecule has 1 aliphatic rings.